The second kappa shape index (κ2) is 9.47. The van der Waals surface area contributed by atoms with Crippen LogP contribution in [0.2, 0.25) is 0 Å². The number of fused-ring (bicyclic) bond motifs is 1. The molecule has 2 aromatic heterocycles. The van der Waals surface area contributed by atoms with E-state index in [1.165, 1.54) is 12.1 Å². The summed E-state index contributed by atoms with van der Waals surface area (Å²) in [5.41, 5.74) is 1.42. The highest BCUT2D eigenvalue weighted by Gasteiger charge is 2.28. The maximum absolute atomic E-state index is 12.4. The predicted octanol–water partition coefficient (Wildman–Crippen LogP) is 4.01. The Morgan fingerprint density at radius 1 is 1.17 bits per heavy atom. The zero-order chi connectivity index (χ0) is 21.6. The molecule has 0 fully saturated rings. The first-order chi connectivity index (χ1) is 14.4. The maximum atomic E-state index is 12.4. The van der Waals surface area contributed by atoms with E-state index in [0.29, 0.717) is 17.9 Å². The van der Waals surface area contributed by atoms with Crippen LogP contribution in [0.3, 0.4) is 0 Å². The van der Waals surface area contributed by atoms with Crippen LogP contribution in [0.15, 0.2) is 48.7 Å². The second-order valence-corrected chi connectivity index (χ2v) is 6.70. The van der Waals surface area contributed by atoms with E-state index in [4.69, 9.17) is 0 Å². The highest BCUT2D eigenvalue weighted by molar-refractivity contribution is 5.74. The molecule has 0 radical (unpaired) electrons. The predicted molar refractivity (Wildman–Crippen MR) is 104 cm³/mol. The lowest BCUT2D eigenvalue weighted by Crippen LogP contribution is -2.38. The molecule has 2 N–H and O–H groups in total. The van der Waals surface area contributed by atoms with Crippen molar-refractivity contribution in [3.63, 3.8) is 0 Å². The quantitative estimate of drug-likeness (QED) is 0.576. The molecule has 10 heteroatoms. The Balaban J connectivity index is 1.56. The van der Waals surface area contributed by atoms with Crippen molar-refractivity contribution in [2.45, 2.75) is 38.5 Å². The van der Waals surface area contributed by atoms with Crippen molar-refractivity contribution in [3.05, 3.63) is 60.0 Å². The Labute approximate surface area is 171 Å². The summed E-state index contributed by atoms with van der Waals surface area (Å²) >= 11 is 0. The van der Waals surface area contributed by atoms with Crippen molar-refractivity contribution in [1.82, 2.24) is 25.2 Å². The molecular weight excluding hydrogens is 399 g/mol. The number of ether oxygens (including phenoxy) is 1. The number of hydrogen-bond donors (Lipinski definition) is 2. The lowest BCUT2D eigenvalue weighted by molar-refractivity contribution is -0.153. The first kappa shape index (κ1) is 21.4. The molecular formula is C20H22F3N5O2. The van der Waals surface area contributed by atoms with Gasteiger partial charge < -0.3 is 15.4 Å². The summed E-state index contributed by atoms with van der Waals surface area (Å²) in [6.45, 7) is 0.881. The molecule has 160 valence electrons. The van der Waals surface area contributed by atoms with Crippen LogP contribution in [0, 0.1) is 0 Å². The number of benzene rings is 1. The normalized spacial score (nSPS) is 12.5. The number of halogens is 3. The molecule has 2 heterocycles. The lowest BCUT2D eigenvalue weighted by atomic mass is 10.1. The number of nitrogens with one attached hydrogen (secondary N) is 2. The minimum Gasteiger partial charge on any atom is -0.484 e. The zero-order valence-electron chi connectivity index (χ0n) is 16.3. The van der Waals surface area contributed by atoms with E-state index in [1.807, 2.05) is 35.7 Å². The molecule has 3 rings (SSSR count). The number of hydrogen-bond acceptors (Lipinski definition) is 4. The minimum absolute atomic E-state index is 0.113. The van der Waals surface area contributed by atoms with Gasteiger partial charge in [-0.25, -0.2) is 4.79 Å². The minimum atomic E-state index is -4.39. The Hall–Kier alpha value is -3.30. The van der Waals surface area contributed by atoms with Gasteiger partial charge in [-0.2, -0.15) is 13.2 Å². The average molecular weight is 421 g/mol. The van der Waals surface area contributed by atoms with Crippen molar-refractivity contribution < 1.29 is 22.7 Å². The third kappa shape index (κ3) is 5.85. The van der Waals surface area contributed by atoms with E-state index in [-0.39, 0.29) is 24.4 Å². The summed E-state index contributed by atoms with van der Waals surface area (Å²) in [6, 6.07) is 10.9. The van der Waals surface area contributed by atoms with Gasteiger partial charge in [0, 0.05) is 12.7 Å². The Morgan fingerprint density at radius 3 is 2.63 bits per heavy atom. The molecule has 30 heavy (non-hydrogen) atoms. The van der Waals surface area contributed by atoms with Gasteiger partial charge >= 0.3 is 12.2 Å². The van der Waals surface area contributed by atoms with E-state index in [0.717, 1.165) is 12.0 Å². The number of nitrogens with zero attached hydrogens (tertiary/aromatic N) is 3. The number of amides is 2. The molecule has 3 aromatic rings. The number of urea groups is 1. The van der Waals surface area contributed by atoms with Gasteiger partial charge in [0.25, 0.3) is 0 Å². The highest BCUT2D eigenvalue weighted by atomic mass is 19.4. The van der Waals surface area contributed by atoms with Crippen molar-refractivity contribution in [2.75, 3.05) is 6.61 Å². The summed E-state index contributed by atoms with van der Waals surface area (Å²) in [5.74, 6) is 0.760. The van der Waals surface area contributed by atoms with Gasteiger partial charge in [0.1, 0.15) is 5.75 Å². The maximum Gasteiger partial charge on any atom is 0.422 e. The molecule has 0 bridgehead atoms. The first-order valence-electron chi connectivity index (χ1n) is 9.48. The molecule has 2 amide bonds. The molecule has 0 spiro atoms. The smallest absolute Gasteiger partial charge is 0.422 e. The van der Waals surface area contributed by atoms with Crippen LogP contribution in [0.1, 0.15) is 37.2 Å². The van der Waals surface area contributed by atoms with Crippen LogP contribution in [0.5, 0.6) is 5.75 Å². The summed E-state index contributed by atoms with van der Waals surface area (Å²) in [6.07, 6.45) is -1.02. The number of pyridine rings is 1. The fourth-order valence-electron chi connectivity index (χ4n) is 2.91. The topological polar surface area (TPSA) is 80.5 Å². The van der Waals surface area contributed by atoms with E-state index in [9.17, 15) is 18.0 Å². The monoisotopic (exact) mass is 421 g/mol. The van der Waals surface area contributed by atoms with Crippen molar-refractivity contribution in [2.24, 2.45) is 0 Å². The average Bonchev–Trinajstić information content (AvgIpc) is 3.15. The fraction of sp³-hybridized carbons (Fsp3) is 0.350. The zero-order valence-corrected chi connectivity index (χ0v) is 16.3. The van der Waals surface area contributed by atoms with Gasteiger partial charge in [-0.3, -0.25) is 4.40 Å². The van der Waals surface area contributed by atoms with Crippen LogP contribution < -0.4 is 15.4 Å². The highest BCUT2D eigenvalue weighted by Crippen LogP contribution is 2.19. The SMILES string of the molecule is CCCC(NC(=O)NCc1ccc(OCC(F)(F)F)cc1)c1nnc2ccccn12. The molecule has 0 aliphatic carbocycles. The number of carbonyl (C=O) groups is 1. The summed E-state index contributed by atoms with van der Waals surface area (Å²) in [7, 11) is 0. The van der Waals surface area contributed by atoms with E-state index in [2.05, 4.69) is 25.6 Å². The second-order valence-electron chi connectivity index (χ2n) is 6.70. The van der Waals surface area contributed by atoms with Crippen LogP contribution in [0.4, 0.5) is 18.0 Å². The molecule has 0 saturated carbocycles. The van der Waals surface area contributed by atoms with E-state index in [1.54, 1.807) is 12.1 Å². The van der Waals surface area contributed by atoms with Crippen LogP contribution >= 0.6 is 0 Å². The van der Waals surface area contributed by atoms with Gasteiger partial charge in [0.05, 0.1) is 6.04 Å². The van der Waals surface area contributed by atoms with Gasteiger partial charge in [-0.05, 0) is 36.2 Å². The molecule has 1 aromatic carbocycles. The van der Waals surface area contributed by atoms with Crippen LogP contribution in [-0.2, 0) is 6.54 Å². The van der Waals surface area contributed by atoms with E-state index < -0.39 is 12.8 Å². The third-order valence-corrected chi connectivity index (χ3v) is 4.31. The van der Waals surface area contributed by atoms with Crippen molar-refractivity contribution in [3.8, 4) is 5.75 Å². The number of rotatable bonds is 8. The lowest BCUT2D eigenvalue weighted by Gasteiger charge is -2.17. The molecule has 1 unspecified atom stereocenters. The molecule has 7 nitrogen and oxygen atoms in total. The van der Waals surface area contributed by atoms with Crippen LogP contribution in [0.25, 0.3) is 5.65 Å². The van der Waals surface area contributed by atoms with Gasteiger partial charge in [0.15, 0.2) is 18.1 Å². The summed E-state index contributed by atoms with van der Waals surface area (Å²) < 4.78 is 43.1. The van der Waals surface area contributed by atoms with E-state index >= 15 is 0 Å². The van der Waals surface area contributed by atoms with Crippen LogP contribution in [-0.4, -0.2) is 33.4 Å². The molecule has 0 saturated heterocycles. The summed E-state index contributed by atoms with van der Waals surface area (Å²) in [5, 5.41) is 14.0. The number of aromatic nitrogens is 3. The number of alkyl halides is 3. The Morgan fingerprint density at radius 2 is 1.93 bits per heavy atom. The largest absolute Gasteiger partial charge is 0.484 e. The van der Waals surface area contributed by atoms with Gasteiger partial charge in [-0.15, -0.1) is 10.2 Å². The Bertz CT molecular complexity index is 972. The van der Waals surface area contributed by atoms with Gasteiger partial charge in [-0.1, -0.05) is 31.5 Å². The summed E-state index contributed by atoms with van der Waals surface area (Å²) in [4.78, 5) is 12.4. The molecule has 1 atom stereocenters. The number of carbonyl (C=O) groups excluding carboxylic acids is 1. The fourth-order valence-corrected chi connectivity index (χ4v) is 2.91. The Kier molecular flexibility index (Phi) is 6.76. The van der Waals surface area contributed by atoms with Crippen molar-refractivity contribution in [1.29, 1.82) is 0 Å². The standard InChI is InChI=1S/C20H22F3N5O2/c1-2-5-16(18-27-26-17-6-3-4-11-28(17)18)25-19(29)24-12-14-7-9-15(10-8-14)30-13-20(21,22)23/h3-4,6-11,16H,2,5,12-13H2,1H3,(H2,24,25,29). The molecule has 0 aliphatic rings. The first-order valence-corrected chi connectivity index (χ1v) is 9.48. The van der Waals surface area contributed by atoms with Gasteiger partial charge in [0.2, 0.25) is 0 Å². The molecule has 0 aliphatic heterocycles. The van der Waals surface area contributed by atoms with Crippen molar-refractivity contribution >= 4 is 11.7 Å². The third-order valence-electron chi connectivity index (χ3n) is 4.31.